The molecule has 0 bridgehead atoms. The van der Waals surface area contributed by atoms with Crippen LogP contribution in [0.5, 0.6) is 0 Å². The van der Waals surface area contributed by atoms with Gasteiger partial charge < -0.3 is 10.1 Å². The minimum Gasteiger partial charge on any atom is -0.460 e. The summed E-state index contributed by atoms with van der Waals surface area (Å²) < 4.78 is 6.17. The average Bonchev–Trinajstić information content (AvgIpc) is 2.45. The molecule has 0 aliphatic rings. The Morgan fingerprint density at radius 1 is 1.26 bits per heavy atom. The maximum atomic E-state index is 11.5. The summed E-state index contributed by atoms with van der Waals surface area (Å²) >= 11 is 3.37. The molecule has 0 aliphatic carbocycles. The third-order valence-electron chi connectivity index (χ3n) is 3.19. The van der Waals surface area contributed by atoms with Crippen molar-refractivity contribution in [2.45, 2.75) is 52.1 Å². The highest BCUT2D eigenvalue weighted by atomic mass is 79.9. The van der Waals surface area contributed by atoms with Crippen molar-refractivity contribution in [2.75, 3.05) is 13.1 Å². The molecule has 0 saturated heterocycles. The van der Waals surface area contributed by atoms with Gasteiger partial charge in [-0.3, -0.25) is 9.59 Å². The van der Waals surface area contributed by atoms with Crippen molar-refractivity contribution < 1.29 is 14.3 Å². The van der Waals surface area contributed by atoms with Gasteiger partial charge in [0.2, 0.25) is 0 Å². The van der Waals surface area contributed by atoms with E-state index in [1.165, 1.54) is 0 Å². The van der Waals surface area contributed by atoms with E-state index in [4.69, 9.17) is 4.74 Å². The first-order valence-electron chi connectivity index (χ1n) is 7.98. The van der Waals surface area contributed by atoms with Gasteiger partial charge in [-0.15, -0.1) is 0 Å². The fraction of sp³-hybridized carbons (Fsp3) is 0.556. The highest BCUT2D eigenvalue weighted by Gasteiger charge is 2.15. The second kappa shape index (κ2) is 9.83. The zero-order valence-corrected chi connectivity index (χ0v) is 15.7. The van der Waals surface area contributed by atoms with Crippen molar-refractivity contribution >= 4 is 28.2 Å². The van der Waals surface area contributed by atoms with E-state index in [1.54, 1.807) is 0 Å². The van der Waals surface area contributed by atoms with Crippen LogP contribution in [-0.2, 0) is 16.0 Å². The van der Waals surface area contributed by atoms with Gasteiger partial charge in [-0.2, -0.15) is 0 Å². The predicted octanol–water partition coefficient (Wildman–Crippen LogP) is 3.91. The summed E-state index contributed by atoms with van der Waals surface area (Å²) in [6, 6.07) is 5.78. The summed E-state index contributed by atoms with van der Waals surface area (Å²) in [5.41, 5.74) is 1.40. The molecule has 0 radical (unpaired) electrons. The molecule has 0 aliphatic heterocycles. The van der Waals surface area contributed by atoms with Crippen LogP contribution in [-0.4, -0.2) is 30.9 Å². The summed E-state index contributed by atoms with van der Waals surface area (Å²) in [7, 11) is 0. The van der Waals surface area contributed by atoms with Gasteiger partial charge in [0.1, 0.15) is 11.9 Å². The first-order chi connectivity index (χ1) is 10.8. The molecule has 1 rings (SSSR count). The van der Waals surface area contributed by atoms with Crippen LogP contribution in [0.3, 0.4) is 0 Å². The summed E-state index contributed by atoms with van der Waals surface area (Å²) in [6.07, 6.45) is 3.92. The lowest BCUT2D eigenvalue weighted by Gasteiger charge is -2.19. The molecular weight excluding hydrogens is 358 g/mol. The quantitative estimate of drug-likeness (QED) is 0.399. The topological polar surface area (TPSA) is 55.4 Å². The van der Waals surface area contributed by atoms with E-state index in [2.05, 4.69) is 21.2 Å². The third kappa shape index (κ3) is 8.86. The number of carbonyl (C=O) groups is 2. The van der Waals surface area contributed by atoms with Gasteiger partial charge in [0.05, 0.1) is 0 Å². The van der Waals surface area contributed by atoms with Crippen LogP contribution >= 0.6 is 15.9 Å². The number of hydrogen-bond donors (Lipinski definition) is 1. The lowest BCUT2D eigenvalue weighted by Crippen LogP contribution is -2.25. The fourth-order valence-corrected chi connectivity index (χ4v) is 2.56. The minimum atomic E-state index is -0.411. The summed E-state index contributed by atoms with van der Waals surface area (Å²) in [5, 5.41) is 3.32. The Balaban J connectivity index is 2.14. The van der Waals surface area contributed by atoms with E-state index in [0.29, 0.717) is 6.42 Å². The lowest BCUT2D eigenvalue weighted by molar-refractivity contribution is -0.154. The third-order valence-corrected chi connectivity index (χ3v) is 3.68. The Labute approximate surface area is 147 Å². The molecule has 5 heteroatoms. The molecule has 0 fully saturated rings. The fourth-order valence-electron chi connectivity index (χ4n) is 2.18. The zero-order chi connectivity index (χ0) is 17.3. The van der Waals surface area contributed by atoms with Gasteiger partial charge >= 0.3 is 5.97 Å². The Kier molecular flexibility index (Phi) is 8.48. The molecular formula is C18H26BrNO3. The van der Waals surface area contributed by atoms with E-state index in [9.17, 15) is 9.59 Å². The molecule has 4 nitrogen and oxygen atoms in total. The number of ether oxygens (including phenoxy) is 1. The maximum Gasteiger partial charge on any atom is 0.306 e. The van der Waals surface area contributed by atoms with Gasteiger partial charge in [-0.25, -0.2) is 0 Å². The number of esters is 1. The number of aldehydes is 1. The highest BCUT2D eigenvalue weighted by Crippen LogP contribution is 2.16. The van der Waals surface area contributed by atoms with Crippen LogP contribution in [0, 0.1) is 0 Å². The minimum absolute atomic E-state index is 0.148. The van der Waals surface area contributed by atoms with Crippen LogP contribution < -0.4 is 5.32 Å². The Morgan fingerprint density at radius 2 is 1.96 bits per heavy atom. The maximum absolute atomic E-state index is 11.5. The number of carbonyl (C=O) groups excluding carboxylic acids is 2. The van der Waals surface area contributed by atoms with E-state index in [-0.39, 0.29) is 5.97 Å². The van der Waals surface area contributed by atoms with Crippen molar-refractivity contribution in [2.24, 2.45) is 0 Å². The second-order valence-corrected chi connectivity index (χ2v) is 7.42. The predicted molar refractivity (Wildman–Crippen MR) is 95.8 cm³/mol. The molecule has 0 spiro atoms. The van der Waals surface area contributed by atoms with Gasteiger partial charge in [-0.1, -0.05) is 22.0 Å². The number of rotatable bonds is 9. The van der Waals surface area contributed by atoms with E-state index >= 15 is 0 Å². The van der Waals surface area contributed by atoms with Gasteiger partial charge in [0, 0.05) is 16.5 Å². The molecule has 1 aromatic carbocycles. The zero-order valence-electron chi connectivity index (χ0n) is 14.2. The number of hydrogen-bond acceptors (Lipinski definition) is 4. The smallest absolute Gasteiger partial charge is 0.306 e. The van der Waals surface area contributed by atoms with Crippen LogP contribution in [0.1, 0.15) is 56.0 Å². The monoisotopic (exact) mass is 383 g/mol. The van der Waals surface area contributed by atoms with Crippen molar-refractivity contribution in [1.82, 2.24) is 5.32 Å². The molecule has 0 amide bonds. The molecule has 0 atom stereocenters. The normalized spacial score (nSPS) is 11.3. The Morgan fingerprint density at radius 3 is 2.61 bits per heavy atom. The molecule has 1 aromatic rings. The molecule has 1 N–H and O–H groups in total. The van der Waals surface area contributed by atoms with Crippen LogP contribution in [0.4, 0.5) is 0 Å². The van der Waals surface area contributed by atoms with Crippen LogP contribution in [0.2, 0.25) is 0 Å². The van der Waals surface area contributed by atoms with E-state index in [1.807, 2.05) is 39.0 Å². The van der Waals surface area contributed by atoms with Crippen molar-refractivity contribution in [3.8, 4) is 0 Å². The van der Waals surface area contributed by atoms with Crippen molar-refractivity contribution in [3.63, 3.8) is 0 Å². The largest absolute Gasteiger partial charge is 0.460 e. The first kappa shape index (κ1) is 19.8. The van der Waals surface area contributed by atoms with E-state index < -0.39 is 5.60 Å². The van der Waals surface area contributed by atoms with Gasteiger partial charge in [0.15, 0.2) is 0 Å². The van der Waals surface area contributed by atoms with Crippen molar-refractivity contribution in [1.29, 1.82) is 0 Å². The number of aryl methyl sites for hydroxylation is 1. The molecule has 0 heterocycles. The summed E-state index contributed by atoms with van der Waals surface area (Å²) in [5.74, 6) is -0.148. The lowest BCUT2D eigenvalue weighted by atomic mass is 10.0. The molecule has 0 saturated carbocycles. The summed E-state index contributed by atoms with van der Waals surface area (Å²) in [6.45, 7) is 7.28. The Hall–Kier alpha value is -1.20. The van der Waals surface area contributed by atoms with Gasteiger partial charge in [-0.05, 0) is 70.8 Å². The molecule has 23 heavy (non-hydrogen) atoms. The summed E-state index contributed by atoms with van der Waals surface area (Å²) in [4.78, 5) is 22.6. The van der Waals surface area contributed by atoms with E-state index in [0.717, 1.165) is 54.2 Å². The second-order valence-electron chi connectivity index (χ2n) is 6.50. The van der Waals surface area contributed by atoms with Crippen molar-refractivity contribution in [3.05, 3.63) is 33.8 Å². The van der Waals surface area contributed by atoms with Gasteiger partial charge in [0.25, 0.3) is 0 Å². The molecule has 0 aromatic heterocycles. The van der Waals surface area contributed by atoms with Crippen LogP contribution in [0.25, 0.3) is 0 Å². The molecule has 128 valence electrons. The highest BCUT2D eigenvalue weighted by molar-refractivity contribution is 9.10. The number of nitrogens with one attached hydrogen (secondary N) is 1. The van der Waals surface area contributed by atoms with Crippen LogP contribution in [0.15, 0.2) is 22.7 Å². The number of halogens is 1. The SMILES string of the molecule is CC(C)(C)OC(=O)CCCNCCCc1ccc(Br)cc1C=O. The average molecular weight is 384 g/mol. The number of benzene rings is 1. The Bertz CT molecular complexity index is 523. The standard InChI is InChI=1S/C18H26BrNO3/c1-18(2,3)23-17(22)7-5-11-20-10-4-6-14-8-9-16(19)12-15(14)13-21/h8-9,12-13,20H,4-7,10-11H2,1-3H3. The molecule has 0 unspecified atom stereocenters. The first-order valence-corrected chi connectivity index (χ1v) is 8.77.